The first kappa shape index (κ1) is 61.9. The maximum Gasteiger partial charge on any atom is 0.135 e. The van der Waals surface area contributed by atoms with E-state index in [0.29, 0.717) is 28.4 Å². The molecule has 0 bridgehead atoms. The van der Waals surface area contributed by atoms with Crippen molar-refractivity contribution in [3.63, 3.8) is 0 Å². The maximum absolute atomic E-state index is 9.55. The molecule has 0 spiro atoms. The summed E-state index contributed by atoms with van der Waals surface area (Å²) in [4.78, 5) is 10.1. The van der Waals surface area contributed by atoms with Gasteiger partial charge in [0.1, 0.15) is 5.82 Å². The number of rotatable bonds is 9. The number of pyridine rings is 1. The molecule has 1 aliphatic heterocycles. The van der Waals surface area contributed by atoms with Gasteiger partial charge in [-0.3, -0.25) is 0 Å². The average molecular weight is 1430 g/mol. The molecule has 0 unspecified atom stereocenters. The fourth-order valence-electron chi connectivity index (χ4n) is 15.6. The van der Waals surface area contributed by atoms with Gasteiger partial charge in [-0.2, -0.15) is 12.1 Å². The van der Waals surface area contributed by atoms with Crippen molar-refractivity contribution in [2.75, 3.05) is 9.80 Å². The zero-order valence-electron chi connectivity index (χ0n) is 61.7. The first-order valence-electron chi connectivity index (χ1n) is 35.5. The number of aryl methyl sites for hydroxylation is 1. The minimum atomic E-state index is -2.50. The van der Waals surface area contributed by atoms with Crippen LogP contribution in [0.15, 0.2) is 182 Å². The van der Waals surface area contributed by atoms with Crippen LogP contribution < -0.4 is 14.5 Å². The molecule has 6 heteroatoms. The molecule has 488 valence electrons. The fourth-order valence-corrected chi connectivity index (χ4v) is 15.6. The summed E-state index contributed by atoms with van der Waals surface area (Å²) in [5.74, 6) is 1.49. The van der Waals surface area contributed by atoms with Gasteiger partial charge in [-0.15, -0.1) is 48.1 Å². The van der Waals surface area contributed by atoms with Crippen molar-refractivity contribution in [1.29, 1.82) is 0 Å². The van der Waals surface area contributed by atoms with Gasteiger partial charge in [-0.25, -0.2) is 4.98 Å². The predicted octanol–water partition coefficient (Wildman–Crippen LogP) is 24.5. The quantitative estimate of drug-likeness (QED) is 0.135. The third-order valence-corrected chi connectivity index (χ3v) is 21.2. The summed E-state index contributed by atoms with van der Waals surface area (Å²) in [6.45, 7) is 39.4. The molecular formula is C89H93N4OPt-3. The second-order valence-corrected chi connectivity index (χ2v) is 32.8. The average Bonchev–Trinajstić information content (AvgIpc) is 0.723. The van der Waals surface area contributed by atoms with Gasteiger partial charge in [0.2, 0.25) is 0 Å². The number of fused-ring (bicyclic) bond motifs is 6. The predicted molar refractivity (Wildman–Crippen MR) is 397 cm³/mol. The maximum atomic E-state index is 9.55. The van der Waals surface area contributed by atoms with Gasteiger partial charge in [-0.1, -0.05) is 232 Å². The van der Waals surface area contributed by atoms with E-state index < -0.39 is 6.85 Å². The van der Waals surface area contributed by atoms with Crippen molar-refractivity contribution in [2.45, 2.75) is 188 Å². The van der Waals surface area contributed by atoms with Crippen LogP contribution in [0.1, 0.15) is 192 Å². The Balaban J connectivity index is 0.00000864. The number of anilines is 4. The zero-order chi connectivity index (χ0) is 68.9. The van der Waals surface area contributed by atoms with Crippen LogP contribution in [0.4, 0.5) is 22.7 Å². The van der Waals surface area contributed by atoms with Crippen LogP contribution in [0.3, 0.4) is 0 Å². The molecule has 2 aliphatic carbocycles. The zero-order valence-corrected chi connectivity index (χ0v) is 61.0. The van der Waals surface area contributed by atoms with E-state index in [4.69, 9.17) is 9.72 Å². The van der Waals surface area contributed by atoms with E-state index in [1.807, 2.05) is 36.5 Å². The normalized spacial score (nSPS) is 16.9. The number of hydrogen-bond acceptors (Lipinski definition) is 4. The Labute approximate surface area is 585 Å². The number of ether oxygens (including phenoxy) is 1. The Morgan fingerprint density at radius 3 is 1.74 bits per heavy atom. The van der Waals surface area contributed by atoms with E-state index in [0.717, 1.165) is 98.1 Å². The Kier molecular flexibility index (Phi) is 15.2. The summed E-state index contributed by atoms with van der Waals surface area (Å²) in [6, 6.07) is 70.5. The number of para-hydroxylation sites is 2. The molecule has 95 heavy (non-hydrogen) atoms. The van der Waals surface area contributed by atoms with Gasteiger partial charge in [0, 0.05) is 82.1 Å². The summed E-state index contributed by atoms with van der Waals surface area (Å²) < 4.78 is 37.8. The summed E-state index contributed by atoms with van der Waals surface area (Å²) >= 11 is 0. The molecular weight excluding hydrogens is 1340 g/mol. The van der Waals surface area contributed by atoms with Crippen LogP contribution in [0.25, 0.3) is 72.1 Å². The molecule has 11 aromatic rings. The molecule has 3 aliphatic rings. The molecule has 3 heterocycles. The van der Waals surface area contributed by atoms with Crippen molar-refractivity contribution < 1.29 is 29.9 Å². The van der Waals surface area contributed by atoms with Crippen LogP contribution >= 0.6 is 0 Å². The van der Waals surface area contributed by atoms with Gasteiger partial charge in [0.25, 0.3) is 0 Å². The summed E-state index contributed by atoms with van der Waals surface area (Å²) in [7, 11) is 0. The molecule has 0 N–H and O–H groups in total. The van der Waals surface area contributed by atoms with Crippen molar-refractivity contribution >= 4 is 44.6 Å². The Hall–Kier alpha value is -7.98. The van der Waals surface area contributed by atoms with E-state index in [2.05, 4.69) is 296 Å². The van der Waals surface area contributed by atoms with Crippen LogP contribution in [-0.2, 0) is 59.0 Å². The summed E-state index contributed by atoms with van der Waals surface area (Å²) in [5, 5.41) is 1.95. The minimum absolute atomic E-state index is 0. The van der Waals surface area contributed by atoms with Crippen molar-refractivity contribution in [1.82, 2.24) is 9.55 Å². The van der Waals surface area contributed by atoms with Crippen LogP contribution in [0.2, 0.25) is 0 Å². The molecule has 14 rings (SSSR count). The second kappa shape index (κ2) is 23.4. The summed E-state index contributed by atoms with van der Waals surface area (Å²) in [5.41, 5.74) is 22.4. The van der Waals surface area contributed by atoms with Crippen LogP contribution in [0.5, 0.6) is 11.5 Å². The van der Waals surface area contributed by atoms with Gasteiger partial charge in [-0.05, 0) is 185 Å². The van der Waals surface area contributed by atoms with Crippen LogP contribution in [0, 0.1) is 25.7 Å². The molecule has 0 radical (unpaired) electrons. The molecule has 0 saturated carbocycles. The molecule has 0 atom stereocenters. The molecule has 0 amide bonds. The Morgan fingerprint density at radius 1 is 0.495 bits per heavy atom. The van der Waals surface area contributed by atoms with Gasteiger partial charge in [0.15, 0.2) is 0 Å². The Morgan fingerprint density at radius 2 is 1.07 bits per heavy atom. The first-order chi connectivity index (χ1) is 45.6. The number of hydrogen-bond donors (Lipinski definition) is 0. The van der Waals surface area contributed by atoms with Crippen molar-refractivity contribution in [3.05, 3.63) is 245 Å². The van der Waals surface area contributed by atoms with E-state index in [1.54, 1.807) is 0 Å². The van der Waals surface area contributed by atoms with Crippen molar-refractivity contribution in [3.8, 4) is 61.8 Å². The van der Waals surface area contributed by atoms with E-state index in [9.17, 15) is 4.11 Å². The third kappa shape index (κ3) is 11.5. The Bertz CT molecular complexity index is 4890. The molecule has 0 saturated heterocycles. The van der Waals surface area contributed by atoms with Gasteiger partial charge < -0.3 is 19.1 Å². The van der Waals surface area contributed by atoms with Gasteiger partial charge >= 0.3 is 0 Å². The minimum Gasteiger partial charge on any atom is -0.509 e. The topological polar surface area (TPSA) is 33.5 Å². The number of nitrogens with zero attached hydrogens (tertiary/aromatic N) is 4. The molecule has 2 aromatic heterocycles. The first-order valence-corrected chi connectivity index (χ1v) is 34.0. The third-order valence-electron chi connectivity index (χ3n) is 21.2. The number of benzene rings is 9. The number of aromatic nitrogens is 2. The monoisotopic (exact) mass is 1430 g/mol. The van der Waals surface area contributed by atoms with Gasteiger partial charge in [0.05, 0.1) is 0 Å². The second-order valence-electron chi connectivity index (χ2n) is 32.8. The summed E-state index contributed by atoms with van der Waals surface area (Å²) in [6.07, 6.45) is 5.97. The molecule has 5 nitrogen and oxygen atoms in total. The smallest absolute Gasteiger partial charge is 0.135 e. The standard InChI is InChI=1S/C89H93N4O.Pt/c1-56-47-77(90-54-69(56)79-80-71(86(11,12)43-45-88(80,15)16)53-72-81(79)89(17,18)46-44-87(72,13)14)93-75-40-28-36-64(57-29-20-19-21-30-57)78(75)66-42-41-63(52-76(66)93)94-62-34-27-33-61(51-62)91-55-92(74-39-25-24-38-73(74)91)82-67(58-31-26-32-59(48-58)83(2,3)4)49-60(84(5,6)7)50-68(82)65-35-22-23-37-70(65)85(8,9)10;/h19-42,47-50,53-55H,43-46H2,1-18H3;/q-3;/i1D3;. The largest absolute Gasteiger partial charge is 0.509 e. The van der Waals surface area contributed by atoms with E-state index in [1.165, 1.54) is 44.5 Å². The van der Waals surface area contributed by atoms with E-state index in [-0.39, 0.29) is 64.5 Å². The SMILES string of the molecule is [2H]C([2H])([2H])c1cc(-n2c3[c-]c(Oc4[c-]c(N5[CH-]N(c6c(-c7cccc(C(C)(C)C)c7)cc(C(C)(C)C)cc6-c6ccccc6C(C)(C)C)c6ccccc65)ccc4)ccc3c3c(-c4ccccc4)cccc32)ncc1-c1c2c(cc3c1C(C)(C)CCC3(C)C)C(C)(C)CCC2(C)C.[Pt]. The molecule has 0 fully saturated rings. The fraction of sp³-hybridized carbons (Fsp3) is 0.326. The van der Waals surface area contributed by atoms with Crippen molar-refractivity contribution in [2.24, 2.45) is 0 Å². The molecule has 9 aromatic carbocycles. The van der Waals surface area contributed by atoms with E-state index >= 15 is 0 Å². The van der Waals surface area contributed by atoms with Crippen LogP contribution in [-0.4, -0.2) is 9.55 Å².